The highest BCUT2D eigenvalue weighted by Gasteiger charge is 2.15. The largest absolute Gasteiger partial charge is 0.460 e. The van der Waals surface area contributed by atoms with Crippen molar-refractivity contribution >= 4 is 5.97 Å². The molecule has 1 atom stereocenters. The van der Waals surface area contributed by atoms with Gasteiger partial charge >= 0.3 is 5.97 Å². The van der Waals surface area contributed by atoms with E-state index in [0.29, 0.717) is 65.4 Å². The number of hydrogen-bond donors (Lipinski definition) is 0. The standard InChI is InChI=1S/C20H40O7/c1-6-18(2)17-26-16-15-25-14-13-24-12-11-23-10-9-22-8-7-19(21)27-20(3,4)5/h18H,6-17H2,1-5H3. The van der Waals surface area contributed by atoms with E-state index in [0.717, 1.165) is 13.0 Å². The lowest BCUT2D eigenvalue weighted by molar-refractivity contribution is -0.156. The fraction of sp³-hybridized carbons (Fsp3) is 0.950. The molecule has 0 spiro atoms. The van der Waals surface area contributed by atoms with Crippen molar-refractivity contribution in [1.29, 1.82) is 0 Å². The smallest absolute Gasteiger partial charge is 0.308 e. The van der Waals surface area contributed by atoms with E-state index in [-0.39, 0.29) is 12.4 Å². The van der Waals surface area contributed by atoms with Crippen molar-refractivity contribution in [2.45, 2.75) is 53.1 Å². The third-order valence-corrected chi connectivity index (χ3v) is 3.46. The summed E-state index contributed by atoms with van der Waals surface area (Å²) in [4.78, 5) is 11.5. The SMILES string of the molecule is CCC(C)COCCOCCOCCOCCOCCC(=O)OC(C)(C)C. The Morgan fingerprint density at radius 2 is 1.15 bits per heavy atom. The summed E-state index contributed by atoms with van der Waals surface area (Å²) in [5.74, 6) is 0.352. The number of ether oxygens (including phenoxy) is 6. The van der Waals surface area contributed by atoms with Gasteiger partial charge in [0.2, 0.25) is 0 Å². The molecule has 0 aliphatic heterocycles. The van der Waals surface area contributed by atoms with E-state index in [9.17, 15) is 4.79 Å². The lowest BCUT2D eigenvalue weighted by Crippen LogP contribution is -2.24. The molecule has 0 bridgehead atoms. The average molecular weight is 393 g/mol. The Hall–Kier alpha value is -0.730. The van der Waals surface area contributed by atoms with Gasteiger partial charge in [-0.05, 0) is 26.7 Å². The molecule has 0 aromatic rings. The van der Waals surface area contributed by atoms with Gasteiger partial charge in [-0.3, -0.25) is 4.79 Å². The molecule has 0 amide bonds. The minimum absolute atomic E-state index is 0.249. The Morgan fingerprint density at radius 3 is 1.56 bits per heavy atom. The topological polar surface area (TPSA) is 72.5 Å². The number of carbonyl (C=O) groups is 1. The van der Waals surface area contributed by atoms with Gasteiger partial charge < -0.3 is 28.4 Å². The van der Waals surface area contributed by atoms with Crippen LogP contribution in [-0.4, -0.2) is 77.6 Å². The molecule has 0 rings (SSSR count). The van der Waals surface area contributed by atoms with Crippen LogP contribution < -0.4 is 0 Å². The highest BCUT2D eigenvalue weighted by Crippen LogP contribution is 2.08. The van der Waals surface area contributed by atoms with Gasteiger partial charge in [-0.1, -0.05) is 20.3 Å². The van der Waals surface area contributed by atoms with Crippen molar-refractivity contribution in [2.24, 2.45) is 5.92 Å². The summed E-state index contributed by atoms with van der Waals surface area (Å²) >= 11 is 0. The molecule has 0 aliphatic rings. The molecule has 0 fully saturated rings. The molecule has 0 saturated carbocycles. The fourth-order valence-electron chi connectivity index (χ4n) is 1.83. The maximum atomic E-state index is 11.5. The number of rotatable bonds is 18. The quantitative estimate of drug-likeness (QED) is 0.262. The summed E-state index contributed by atoms with van der Waals surface area (Å²) in [7, 11) is 0. The van der Waals surface area contributed by atoms with Crippen LogP contribution in [0, 0.1) is 5.92 Å². The van der Waals surface area contributed by atoms with Gasteiger partial charge in [0.25, 0.3) is 0 Å². The average Bonchev–Trinajstić information content (AvgIpc) is 2.59. The molecule has 0 heterocycles. The second-order valence-electron chi connectivity index (χ2n) is 7.37. The van der Waals surface area contributed by atoms with Crippen molar-refractivity contribution in [3.8, 4) is 0 Å². The first kappa shape index (κ1) is 26.3. The predicted octanol–water partition coefficient (Wildman–Crippen LogP) is 2.85. The molecule has 162 valence electrons. The zero-order valence-electron chi connectivity index (χ0n) is 17.9. The van der Waals surface area contributed by atoms with Crippen LogP contribution in [0.15, 0.2) is 0 Å². The number of carbonyl (C=O) groups excluding carboxylic acids is 1. The van der Waals surface area contributed by atoms with Gasteiger partial charge in [0.1, 0.15) is 5.60 Å². The van der Waals surface area contributed by atoms with Crippen LogP contribution in [0.1, 0.15) is 47.5 Å². The highest BCUT2D eigenvalue weighted by molar-refractivity contribution is 5.69. The minimum Gasteiger partial charge on any atom is -0.460 e. The third-order valence-electron chi connectivity index (χ3n) is 3.46. The minimum atomic E-state index is -0.452. The van der Waals surface area contributed by atoms with Crippen LogP contribution in [0.25, 0.3) is 0 Å². The molecule has 0 saturated heterocycles. The van der Waals surface area contributed by atoms with Crippen LogP contribution >= 0.6 is 0 Å². The number of esters is 1. The molecular formula is C20H40O7. The van der Waals surface area contributed by atoms with Crippen molar-refractivity contribution in [3.63, 3.8) is 0 Å². The Labute approximate surface area is 165 Å². The predicted molar refractivity (Wildman–Crippen MR) is 104 cm³/mol. The first-order valence-electron chi connectivity index (χ1n) is 9.95. The third kappa shape index (κ3) is 21.4. The summed E-state index contributed by atoms with van der Waals surface area (Å²) < 4.78 is 32.2. The summed E-state index contributed by atoms with van der Waals surface area (Å²) in [5.41, 5.74) is -0.452. The molecule has 0 radical (unpaired) electrons. The van der Waals surface area contributed by atoms with Crippen molar-refractivity contribution in [2.75, 3.05) is 66.1 Å². The van der Waals surface area contributed by atoms with Gasteiger partial charge in [0.15, 0.2) is 0 Å². The van der Waals surface area contributed by atoms with E-state index in [1.807, 2.05) is 20.8 Å². The lowest BCUT2D eigenvalue weighted by atomic mass is 10.1. The lowest BCUT2D eigenvalue weighted by Gasteiger charge is -2.19. The fourth-order valence-corrected chi connectivity index (χ4v) is 1.83. The van der Waals surface area contributed by atoms with E-state index in [1.54, 1.807) is 0 Å². The molecule has 0 aliphatic carbocycles. The van der Waals surface area contributed by atoms with Crippen LogP contribution in [-0.2, 0) is 33.2 Å². The van der Waals surface area contributed by atoms with E-state index < -0.39 is 5.60 Å². The first-order chi connectivity index (χ1) is 12.8. The monoisotopic (exact) mass is 392 g/mol. The Balaban J connectivity index is 3.16. The van der Waals surface area contributed by atoms with E-state index >= 15 is 0 Å². The van der Waals surface area contributed by atoms with Crippen molar-refractivity contribution in [3.05, 3.63) is 0 Å². The maximum absolute atomic E-state index is 11.5. The molecule has 0 aromatic carbocycles. The highest BCUT2D eigenvalue weighted by atomic mass is 16.6. The Morgan fingerprint density at radius 1 is 0.741 bits per heavy atom. The van der Waals surface area contributed by atoms with Crippen LogP contribution in [0.3, 0.4) is 0 Å². The summed E-state index contributed by atoms with van der Waals surface area (Å²) in [5, 5.41) is 0. The molecule has 7 heteroatoms. The van der Waals surface area contributed by atoms with Gasteiger partial charge in [-0.15, -0.1) is 0 Å². The van der Waals surface area contributed by atoms with E-state index in [4.69, 9.17) is 28.4 Å². The van der Waals surface area contributed by atoms with Gasteiger partial charge in [-0.25, -0.2) is 0 Å². The zero-order chi connectivity index (χ0) is 20.4. The zero-order valence-corrected chi connectivity index (χ0v) is 17.9. The normalized spacial score (nSPS) is 12.9. The summed E-state index contributed by atoms with van der Waals surface area (Å²) in [6, 6.07) is 0. The first-order valence-corrected chi connectivity index (χ1v) is 9.95. The molecule has 0 aromatic heterocycles. The second kappa shape index (κ2) is 17.4. The Kier molecular flexibility index (Phi) is 16.9. The van der Waals surface area contributed by atoms with Crippen molar-refractivity contribution < 1.29 is 33.2 Å². The van der Waals surface area contributed by atoms with Gasteiger partial charge in [0, 0.05) is 6.61 Å². The summed E-state index contributed by atoms with van der Waals surface area (Å²) in [6.45, 7) is 15.3. The van der Waals surface area contributed by atoms with Crippen molar-refractivity contribution in [1.82, 2.24) is 0 Å². The molecular weight excluding hydrogens is 352 g/mol. The molecule has 7 nitrogen and oxygen atoms in total. The van der Waals surface area contributed by atoms with Crippen LogP contribution in [0.5, 0.6) is 0 Å². The van der Waals surface area contributed by atoms with Crippen LogP contribution in [0.4, 0.5) is 0 Å². The molecule has 1 unspecified atom stereocenters. The van der Waals surface area contributed by atoms with Gasteiger partial charge in [-0.2, -0.15) is 0 Å². The second-order valence-corrected chi connectivity index (χ2v) is 7.37. The Bertz CT molecular complexity index is 342. The number of hydrogen-bond acceptors (Lipinski definition) is 7. The molecule has 27 heavy (non-hydrogen) atoms. The van der Waals surface area contributed by atoms with E-state index in [2.05, 4.69) is 13.8 Å². The molecule has 0 N–H and O–H groups in total. The van der Waals surface area contributed by atoms with E-state index in [1.165, 1.54) is 0 Å². The maximum Gasteiger partial charge on any atom is 0.308 e. The summed E-state index contributed by atoms with van der Waals surface area (Å²) in [6.07, 6.45) is 1.39. The van der Waals surface area contributed by atoms with Gasteiger partial charge in [0.05, 0.1) is 65.9 Å². The van der Waals surface area contributed by atoms with Crippen LogP contribution in [0.2, 0.25) is 0 Å².